The summed E-state index contributed by atoms with van der Waals surface area (Å²) in [7, 11) is 0. The van der Waals surface area contributed by atoms with E-state index in [4.69, 9.17) is 0 Å². The van der Waals surface area contributed by atoms with Crippen molar-refractivity contribution in [2.45, 2.75) is 46.6 Å². The first kappa shape index (κ1) is 8.06. The Labute approximate surface area is 63.4 Å². The van der Waals surface area contributed by atoms with Gasteiger partial charge in [0.15, 0.2) is 0 Å². The van der Waals surface area contributed by atoms with Gasteiger partial charge in [0.05, 0.1) is 5.60 Å². The van der Waals surface area contributed by atoms with Crippen LogP contribution >= 0.6 is 0 Å². The van der Waals surface area contributed by atoms with Crippen molar-refractivity contribution >= 4 is 0 Å². The van der Waals surface area contributed by atoms with E-state index >= 15 is 0 Å². The van der Waals surface area contributed by atoms with Gasteiger partial charge in [0.25, 0.3) is 0 Å². The zero-order valence-electron chi connectivity index (χ0n) is 7.65. The molecule has 0 amide bonds. The van der Waals surface area contributed by atoms with Gasteiger partial charge in [0.1, 0.15) is 0 Å². The van der Waals surface area contributed by atoms with E-state index in [9.17, 15) is 5.11 Å². The molecule has 0 saturated heterocycles. The van der Waals surface area contributed by atoms with Crippen LogP contribution in [0.3, 0.4) is 0 Å². The van der Waals surface area contributed by atoms with E-state index in [0.717, 1.165) is 6.42 Å². The largest absolute Gasteiger partial charge is 0.389 e. The Morgan fingerprint density at radius 3 is 1.50 bits per heavy atom. The molecule has 1 aliphatic carbocycles. The SMILES string of the molecule is CC(C)(C)C1(O)CC1(C)C. The summed E-state index contributed by atoms with van der Waals surface area (Å²) in [6.07, 6.45) is 0.948. The van der Waals surface area contributed by atoms with E-state index < -0.39 is 5.60 Å². The molecule has 10 heavy (non-hydrogen) atoms. The van der Waals surface area contributed by atoms with Gasteiger partial charge in [-0.05, 0) is 17.3 Å². The molecule has 1 unspecified atom stereocenters. The van der Waals surface area contributed by atoms with Crippen LogP contribution in [0.15, 0.2) is 0 Å². The lowest BCUT2D eigenvalue weighted by Gasteiger charge is -2.29. The Morgan fingerprint density at radius 2 is 1.50 bits per heavy atom. The molecule has 0 aliphatic heterocycles. The molecule has 0 bridgehead atoms. The summed E-state index contributed by atoms with van der Waals surface area (Å²) in [5, 5.41) is 9.99. The van der Waals surface area contributed by atoms with Gasteiger partial charge in [-0.25, -0.2) is 0 Å². The van der Waals surface area contributed by atoms with Crippen LogP contribution in [0, 0.1) is 10.8 Å². The summed E-state index contributed by atoms with van der Waals surface area (Å²) in [4.78, 5) is 0. The second-order valence-corrected chi connectivity index (χ2v) is 5.17. The molecule has 0 radical (unpaired) electrons. The molecule has 1 nitrogen and oxygen atoms in total. The summed E-state index contributed by atoms with van der Waals surface area (Å²) in [5.41, 5.74) is -0.234. The minimum atomic E-state index is -0.417. The fourth-order valence-electron chi connectivity index (χ4n) is 1.88. The highest BCUT2D eigenvalue weighted by atomic mass is 16.3. The average molecular weight is 142 g/mol. The average Bonchev–Trinajstić information content (AvgIpc) is 2.05. The molecule has 1 fully saturated rings. The third kappa shape index (κ3) is 0.800. The van der Waals surface area contributed by atoms with Gasteiger partial charge in [-0.3, -0.25) is 0 Å². The fraction of sp³-hybridized carbons (Fsp3) is 1.00. The summed E-state index contributed by atoms with van der Waals surface area (Å²) < 4.78 is 0. The molecule has 0 aromatic heterocycles. The Hall–Kier alpha value is -0.0400. The van der Waals surface area contributed by atoms with E-state index in [-0.39, 0.29) is 10.8 Å². The van der Waals surface area contributed by atoms with Crippen molar-refractivity contribution in [2.24, 2.45) is 10.8 Å². The van der Waals surface area contributed by atoms with E-state index in [0.29, 0.717) is 0 Å². The normalized spacial score (nSPS) is 37.8. The lowest BCUT2D eigenvalue weighted by molar-refractivity contribution is 0.00496. The highest BCUT2D eigenvalue weighted by molar-refractivity contribution is 5.16. The lowest BCUT2D eigenvalue weighted by atomic mass is 9.82. The van der Waals surface area contributed by atoms with Gasteiger partial charge < -0.3 is 5.11 Å². The van der Waals surface area contributed by atoms with E-state index in [2.05, 4.69) is 34.6 Å². The molecule has 0 aromatic carbocycles. The number of hydrogen-bond donors (Lipinski definition) is 1. The van der Waals surface area contributed by atoms with Crippen molar-refractivity contribution < 1.29 is 5.11 Å². The predicted molar refractivity (Wildman–Crippen MR) is 42.8 cm³/mol. The van der Waals surface area contributed by atoms with Crippen molar-refractivity contribution in [3.8, 4) is 0 Å². The zero-order chi connectivity index (χ0) is 8.21. The first-order chi connectivity index (χ1) is 4.21. The van der Waals surface area contributed by atoms with Crippen LogP contribution in [0.5, 0.6) is 0 Å². The van der Waals surface area contributed by atoms with Gasteiger partial charge in [-0.15, -0.1) is 0 Å². The predicted octanol–water partition coefficient (Wildman–Crippen LogP) is 2.19. The van der Waals surface area contributed by atoms with Gasteiger partial charge in [-0.1, -0.05) is 34.6 Å². The van der Waals surface area contributed by atoms with E-state index in [1.165, 1.54) is 0 Å². The third-order valence-electron chi connectivity index (χ3n) is 2.93. The first-order valence-electron chi connectivity index (χ1n) is 3.93. The van der Waals surface area contributed by atoms with Crippen molar-refractivity contribution in [3.05, 3.63) is 0 Å². The molecule has 1 atom stereocenters. The molecule has 1 rings (SSSR count). The van der Waals surface area contributed by atoms with Crippen LogP contribution in [-0.4, -0.2) is 10.7 Å². The number of hydrogen-bond acceptors (Lipinski definition) is 1. The standard InChI is InChI=1S/C9H18O/c1-7(2,3)9(10)6-8(9,4)5/h10H,6H2,1-5H3. The van der Waals surface area contributed by atoms with Gasteiger partial charge in [0.2, 0.25) is 0 Å². The zero-order valence-corrected chi connectivity index (χ0v) is 7.65. The van der Waals surface area contributed by atoms with Crippen LogP contribution in [0.2, 0.25) is 0 Å². The molecule has 0 spiro atoms. The molecular formula is C9H18O. The molecule has 60 valence electrons. The quantitative estimate of drug-likeness (QED) is 0.549. The van der Waals surface area contributed by atoms with Gasteiger partial charge in [0, 0.05) is 0 Å². The Morgan fingerprint density at radius 1 is 1.20 bits per heavy atom. The Balaban J connectivity index is 2.78. The van der Waals surface area contributed by atoms with Crippen molar-refractivity contribution in [2.75, 3.05) is 0 Å². The summed E-state index contributed by atoms with van der Waals surface area (Å²) in [6.45, 7) is 10.5. The Bertz CT molecular complexity index is 153. The second-order valence-electron chi connectivity index (χ2n) is 5.17. The summed E-state index contributed by atoms with van der Waals surface area (Å²) in [5.74, 6) is 0. The lowest BCUT2D eigenvalue weighted by Crippen LogP contribution is -2.32. The van der Waals surface area contributed by atoms with Crippen LogP contribution in [-0.2, 0) is 0 Å². The second kappa shape index (κ2) is 1.58. The van der Waals surface area contributed by atoms with Crippen molar-refractivity contribution in [1.29, 1.82) is 0 Å². The van der Waals surface area contributed by atoms with Crippen LogP contribution < -0.4 is 0 Å². The molecule has 1 heteroatoms. The summed E-state index contributed by atoms with van der Waals surface area (Å²) >= 11 is 0. The smallest absolute Gasteiger partial charge is 0.0753 e. The maximum absolute atomic E-state index is 9.99. The molecule has 1 N–H and O–H groups in total. The molecule has 1 aliphatic rings. The maximum atomic E-state index is 9.99. The molecule has 1 saturated carbocycles. The minimum Gasteiger partial charge on any atom is -0.389 e. The van der Waals surface area contributed by atoms with Crippen LogP contribution in [0.1, 0.15) is 41.0 Å². The highest BCUT2D eigenvalue weighted by Gasteiger charge is 2.65. The molecular weight excluding hydrogens is 124 g/mol. The van der Waals surface area contributed by atoms with Crippen LogP contribution in [0.25, 0.3) is 0 Å². The third-order valence-corrected chi connectivity index (χ3v) is 2.93. The first-order valence-corrected chi connectivity index (χ1v) is 3.93. The van der Waals surface area contributed by atoms with Gasteiger partial charge in [-0.2, -0.15) is 0 Å². The number of aliphatic hydroxyl groups is 1. The van der Waals surface area contributed by atoms with Crippen molar-refractivity contribution in [3.63, 3.8) is 0 Å². The maximum Gasteiger partial charge on any atom is 0.0753 e. The molecule has 0 aromatic rings. The highest BCUT2D eigenvalue weighted by Crippen LogP contribution is 2.63. The van der Waals surface area contributed by atoms with Crippen LogP contribution in [0.4, 0.5) is 0 Å². The number of rotatable bonds is 0. The van der Waals surface area contributed by atoms with E-state index in [1.54, 1.807) is 0 Å². The minimum absolute atomic E-state index is 0.0382. The Kier molecular flexibility index (Phi) is 1.27. The molecule has 0 heterocycles. The summed E-state index contributed by atoms with van der Waals surface area (Å²) in [6, 6.07) is 0. The fourth-order valence-corrected chi connectivity index (χ4v) is 1.88. The van der Waals surface area contributed by atoms with Crippen molar-refractivity contribution in [1.82, 2.24) is 0 Å². The monoisotopic (exact) mass is 142 g/mol. The van der Waals surface area contributed by atoms with Gasteiger partial charge >= 0.3 is 0 Å². The van der Waals surface area contributed by atoms with E-state index in [1.807, 2.05) is 0 Å². The topological polar surface area (TPSA) is 20.2 Å².